The molecule has 2 aromatic carbocycles. The molecule has 0 radical (unpaired) electrons. The molecule has 0 N–H and O–H groups in total. The molecule has 2 aromatic heterocycles. The Kier molecular flexibility index (Phi) is 5.02. The van der Waals surface area contributed by atoms with E-state index in [9.17, 15) is 14.4 Å². The molecule has 7 nitrogen and oxygen atoms in total. The van der Waals surface area contributed by atoms with E-state index in [0.29, 0.717) is 41.9 Å². The number of carbonyl (C=O) groups is 1. The molecular weight excluding hydrogens is 444 g/mol. The van der Waals surface area contributed by atoms with Crippen molar-refractivity contribution >= 4 is 27.6 Å². The maximum Gasteiger partial charge on any atom is 0.344 e. The fraction of sp³-hybridized carbons (Fsp3) is 0.321. The van der Waals surface area contributed by atoms with Gasteiger partial charge < -0.3 is 18.6 Å². The van der Waals surface area contributed by atoms with Gasteiger partial charge in [-0.15, -0.1) is 0 Å². The summed E-state index contributed by atoms with van der Waals surface area (Å²) in [4.78, 5) is 40.0. The number of aromatic nitrogens is 1. The quantitative estimate of drug-likeness (QED) is 0.336. The van der Waals surface area contributed by atoms with Gasteiger partial charge in [-0.1, -0.05) is 24.3 Å². The van der Waals surface area contributed by atoms with Crippen molar-refractivity contribution in [2.24, 2.45) is 5.92 Å². The van der Waals surface area contributed by atoms with Crippen LogP contribution in [0.15, 0.2) is 68.6 Å². The number of amides is 1. The van der Waals surface area contributed by atoms with Crippen LogP contribution in [0.25, 0.3) is 21.7 Å². The highest BCUT2D eigenvalue weighted by Gasteiger charge is 2.37. The van der Waals surface area contributed by atoms with Gasteiger partial charge >= 0.3 is 5.63 Å². The summed E-state index contributed by atoms with van der Waals surface area (Å²) >= 11 is 0. The molecular formula is C28H26N2O5. The van der Waals surface area contributed by atoms with Crippen LogP contribution in [0.5, 0.6) is 5.75 Å². The summed E-state index contributed by atoms with van der Waals surface area (Å²) in [6, 6.07) is 16.5. The third-order valence-corrected chi connectivity index (χ3v) is 7.43. The first-order chi connectivity index (χ1) is 16.9. The fourth-order valence-corrected chi connectivity index (χ4v) is 5.76. The van der Waals surface area contributed by atoms with Crippen molar-refractivity contribution in [3.05, 3.63) is 86.6 Å². The first kappa shape index (κ1) is 21.6. The van der Waals surface area contributed by atoms with E-state index in [2.05, 4.69) is 0 Å². The van der Waals surface area contributed by atoms with Gasteiger partial charge in [-0.25, -0.2) is 4.79 Å². The van der Waals surface area contributed by atoms with E-state index < -0.39 is 11.7 Å². The van der Waals surface area contributed by atoms with Crippen molar-refractivity contribution in [2.45, 2.75) is 38.8 Å². The standard InChI is InChI=1S/C28H26N2O5/c1-16-24(11-10-21-20-6-3-4-7-22(20)28(33)35-26(16)21)34-17(2)27(32)29-13-18-12-19(15-29)23-8-5-9-25(31)30(23)14-18/h3-11,17-19H,12-15H2,1-2H3/t17-,18-,19+/m1/s1. The monoisotopic (exact) mass is 470 g/mol. The van der Waals surface area contributed by atoms with Gasteiger partial charge in [0.1, 0.15) is 11.3 Å². The van der Waals surface area contributed by atoms with Crippen LogP contribution >= 0.6 is 0 Å². The molecule has 6 rings (SSSR count). The van der Waals surface area contributed by atoms with Crippen molar-refractivity contribution in [1.82, 2.24) is 9.47 Å². The van der Waals surface area contributed by atoms with Gasteiger partial charge in [-0.05, 0) is 55.8 Å². The Labute approximate surface area is 201 Å². The van der Waals surface area contributed by atoms with Crippen molar-refractivity contribution in [3.63, 3.8) is 0 Å². The van der Waals surface area contributed by atoms with Crippen molar-refractivity contribution in [3.8, 4) is 5.75 Å². The topological polar surface area (TPSA) is 81.8 Å². The Morgan fingerprint density at radius 1 is 0.971 bits per heavy atom. The molecule has 0 unspecified atom stereocenters. The third-order valence-electron chi connectivity index (χ3n) is 7.43. The lowest BCUT2D eigenvalue weighted by molar-refractivity contribution is -0.140. The maximum atomic E-state index is 13.4. The molecule has 2 bridgehead atoms. The van der Waals surface area contributed by atoms with Gasteiger partial charge in [0.25, 0.3) is 11.5 Å². The number of pyridine rings is 1. The SMILES string of the molecule is Cc1c(O[C@H](C)C(=O)N2C[C@H]3C[C@@H](C2)c2cccc(=O)n2C3)ccc2c1oc(=O)c1ccccc12. The third kappa shape index (κ3) is 3.53. The zero-order chi connectivity index (χ0) is 24.3. The molecule has 1 saturated heterocycles. The zero-order valence-electron chi connectivity index (χ0n) is 19.7. The normalized spacial score (nSPS) is 20.0. The van der Waals surface area contributed by atoms with Gasteiger partial charge in [0.2, 0.25) is 0 Å². The van der Waals surface area contributed by atoms with Crippen LogP contribution in [0.3, 0.4) is 0 Å². The van der Waals surface area contributed by atoms with Crippen LogP contribution in [-0.4, -0.2) is 34.6 Å². The number of likely N-dealkylation sites (tertiary alicyclic amines) is 1. The van der Waals surface area contributed by atoms with Crippen molar-refractivity contribution in [2.75, 3.05) is 13.1 Å². The van der Waals surface area contributed by atoms with Crippen molar-refractivity contribution < 1.29 is 13.9 Å². The number of ether oxygens (including phenoxy) is 1. The van der Waals surface area contributed by atoms with Crippen LogP contribution in [0.4, 0.5) is 0 Å². The number of hydrogen-bond acceptors (Lipinski definition) is 5. The number of hydrogen-bond donors (Lipinski definition) is 0. The number of rotatable bonds is 3. The minimum Gasteiger partial charge on any atom is -0.480 e. The molecule has 2 aliphatic heterocycles. The highest BCUT2D eigenvalue weighted by atomic mass is 16.5. The van der Waals surface area contributed by atoms with Crippen LogP contribution in [0.2, 0.25) is 0 Å². The molecule has 1 amide bonds. The van der Waals surface area contributed by atoms with E-state index in [0.717, 1.165) is 22.9 Å². The predicted octanol–water partition coefficient (Wildman–Crippen LogP) is 3.83. The minimum atomic E-state index is -0.699. The van der Waals surface area contributed by atoms with E-state index in [1.807, 2.05) is 52.8 Å². The number of nitrogens with zero attached hydrogens (tertiary/aromatic N) is 2. The highest BCUT2D eigenvalue weighted by molar-refractivity contribution is 6.05. The molecule has 0 spiro atoms. The molecule has 178 valence electrons. The average Bonchev–Trinajstić information content (AvgIpc) is 2.86. The lowest BCUT2D eigenvalue weighted by atomic mass is 9.83. The van der Waals surface area contributed by atoms with Gasteiger partial charge in [-0.2, -0.15) is 0 Å². The summed E-state index contributed by atoms with van der Waals surface area (Å²) in [5.74, 6) is 0.844. The second-order valence-corrected chi connectivity index (χ2v) is 9.70. The smallest absolute Gasteiger partial charge is 0.344 e. The number of fused-ring (bicyclic) bond motifs is 7. The van der Waals surface area contributed by atoms with Gasteiger partial charge in [0, 0.05) is 48.3 Å². The molecule has 7 heteroatoms. The van der Waals surface area contributed by atoms with Crippen LogP contribution in [0.1, 0.15) is 30.5 Å². The van der Waals surface area contributed by atoms with E-state index in [4.69, 9.17) is 9.15 Å². The Balaban J connectivity index is 1.26. The summed E-state index contributed by atoms with van der Waals surface area (Å²) in [7, 11) is 0. The lowest BCUT2D eigenvalue weighted by Crippen LogP contribution is -2.52. The second-order valence-electron chi connectivity index (χ2n) is 9.70. The van der Waals surface area contributed by atoms with Crippen LogP contribution < -0.4 is 15.9 Å². The van der Waals surface area contributed by atoms with E-state index >= 15 is 0 Å². The van der Waals surface area contributed by atoms with Crippen LogP contribution in [0, 0.1) is 12.8 Å². The Morgan fingerprint density at radius 2 is 1.77 bits per heavy atom. The largest absolute Gasteiger partial charge is 0.480 e. The summed E-state index contributed by atoms with van der Waals surface area (Å²) in [6.45, 7) is 5.42. The molecule has 4 heterocycles. The van der Waals surface area contributed by atoms with E-state index in [1.165, 1.54) is 0 Å². The molecule has 35 heavy (non-hydrogen) atoms. The van der Waals surface area contributed by atoms with Gasteiger partial charge in [0.15, 0.2) is 6.10 Å². The van der Waals surface area contributed by atoms with E-state index in [-0.39, 0.29) is 23.3 Å². The Morgan fingerprint density at radius 3 is 2.60 bits per heavy atom. The summed E-state index contributed by atoms with van der Waals surface area (Å²) in [5, 5.41) is 2.20. The number of carbonyl (C=O) groups excluding carboxylic acids is 1. The minimum absolute atomic E-state index is 0.0277. The predicted molar refractivity (Wildman–Crippen MR) is 133 cm³/mol. The summed E-state index contributed by atoms with van der Waals surface area (Å²) < 4.78 is 13.6. The molecule has 2 aliphatic rings. The van der Waals surface area contributed by atoms with Crippen LogP contribution in [-0.2, 0) is 11.3 Å². The zero-order valence-corrected chi connectivity index (χ0v) is 19.7. The molecule has 3 atom stereocenters. The number of aryl methyl sites for hydroxylation is 1. The van der Waals surface area contributed by atoms with Gasteiger partial charge in [0.05, 0.1) is 5.39 Å². The maximum absolute atomic E-state index is 13.4. The summed E-state index contributed by atoms with van der Waals surface area (Å²) in [6.07, 6.45) is 0.286. The molecule has 4 aromatic rings. The Bertz CT molecular complexity index is 1600. The average molecular weight is 471 g/mol. The lowest BCUT2D eigenvalue weighted by Gasteiger charge is -2.43. The first-order valence-electron chi connectivity index (χ1n) is 12.0. The molecule has 0 aliphatic carbocycles. The second kappa shape index (κ2) is 8.12. The first-order valence-corrected chi connectivity index (χ1v) is 12.0. The molecule has 0 saturated carbocycles. The Hall–Kier alpha value is -3.87. The highest BCUT2D eigenvalue weighted by Crippen LogP contribution is 2.36. The van der Waals surface area contributed by atoms with E-state index in [1.54, 1.807) is 25.1 Å². The molecule has 1 fully saturated rings. The summed E-state index contributed by atoms with van der Waals surface area (Å²) in [5.41, 5.74) is 1.80. The number of benzene rings is 2. The van der Waals surface area contributed by atoms with Gasteiger partial charge in [-0.3, -0.25) is 9.59 Å². The van der Waals surface area contributed by atoms with Crippen molar-refractivity contribution in [1.29, 1.82) is 0 Å². The fourth-order valence-electron chi connectivity index (χ4n) is 5.76. The number of piperidine rings is 1.